The number of fused-ring (bicyclic) bond motifs is 1. The Labute approximate surface area is 134 Å². The number of aromatic nitrogens is 2. The zero-order valence-electron chi connectivity index (χ0n) is 10.5. The minimum absolute atomic E-state index is 0.604. The number of nitrogens with zero attached hydrogens (tertiary/aromatic N) is 1. The third-order valence-electron chi connectivity index (χ3n) is 3.05. The summed E-state index contributed by atoms with van der Waals surface area (Å²) >= 11 is 15.0. The van der Waals surface area contributed by atoms with E-state index in [0.717, 1.165) is 26.9 Å². The maximum absolute atomic E-state index is 5.99. The first-order valence-corrected chi connectivity index (χ1v) is 7.43. The third kappa shape index (κ3) is 2.16. The molecule has 0 bridgehead atoms. The Kier molecular flexibility index (Phi) is 3.58. The summed E-state index contributed by atoms with van der Waals surface area (Å²) in [5.74, 6) is 0.762. The number of hydrogen-bond acceptors (Lipinski definition) is 2. The number of methoxy groups -OCH3 is 1. The fourth-order valence-electron chi connectivity index (χ4n) is 2.18. The molecule has 3 aromatic rings. The molecule has 1 heterocycles. The maximum atomic E-state index is 5.99. The highest BCUT2D eigenvalue weighted by Crippen LogP contribution is 2.31. The maximum Gasteiger partial charge on any atom is 0.182 e. The highest BCUT2D eigenvalue weighted by atomic mass is 79.9. The summed E-state index contributed by atoms with van der Waals surface area (Å²) in [5.41, 5.74) is 2.76. The standard InChI is InChI=1S/C14H10BrClN2OS/c1-19-12-4-2-3-11-13(12)17-14(20)18(11)10-6-5-8(16)7-9(10)15/h2-7H,1H3,(H,17,20). The number of imidazole rings is 1. The molecule has 0 radical (unpaired) electrons. The van der Waals surface area contributed by atoms with Gasteiger partial charge in [-0.1, -0.05) is 17.7 Å². The van der Waals surface area contributed by atoms with E-state index >= 15 is 0 Å². The summed E-state index contributed by atoms with van der Waals surface area (Å²) in [6.45, 7) is 0. The average Bonchev–Trinajstić information content (AvgIpc) is 2.75. The lowest BCUT2D eigenvalue weighted by atomic mass is 10.2. The van der Waals surface area contributed by atoms with Crippen molar-refractivity contribution in [1.82, 2.24) is 9.55 Å². The quantitative estimate of drug-likeness (QED) is 0.636. The SMILES string of the molecule is COc1cccc2c1[nH]c(=S)n2-c1ccc(Cl)cc1Br. The number of hydrogen-bond donors (Lipinski definition) is 1. The van der Waals surface area contributed by atoms with Crippen molar-refractivity contribution < 1.29 is 4.74 Å². The summed E-state index contributed by atoms with van der Waals surface area (Å²) < 4.78 is 8.79. The van der Waals surface area contributed by atoms with Crippen LogP contribution in [-0.4, -0.2) is 16.7 Å². The van der Waals surface area contributed by atoms with E-state index in [1.54, 1.807) is 7.11 Å². The lowest BCUT2D eigenvalue weighted by Gasteiger charge is -2.08. The van der Waals surface area contributed by atoms with Gasteiger partial charge in [0.2, 0.25) is 0 Å². The van der Waals surface area contributed by atoms with Crippen molar-refractivity contribution >= 4 is 50.8 Å². The van der Waals surface area contributed by atoms with Crippen molar-refractivity contribution in [2.75, 3.05) is 7.11 Å². The van der Waals surface area contributed by atoms with Crippen LogP contribution in [0, 0.1) is 4.77 Å². The zero-order chi connectivity index (χ0) is 14.3. The van der Waals surface area contributed by atoms with Crippen LogP contribution in [0.25, 0.3) is 16.7 Å². The molecular formula is C14H10BrClN2OS. The number of aromatic amines is 1. The van der Waals surface area contributed by atoms with E-state index in [2.05, 4.69) is 20.9 Å². The van der Waals surface area contributed by atoms with Gasteiger partial charge in [0.15, 0.2) is 4.77 Å². The van der Waals surface area contributed by atoms with Gasteiger partial charge in [0.1, 0.15) is 11.3 Å². The van der Waals surface area contributed by atoms with Crippen LogP contribution in [0.1, 0.15) is 0 Å². The van der Waals surface area contributed by atoms with Gasteiger partial charge in [0.05, 0.1) is 18.3 Å². The van der Waals surface area contributed by atoms with Crippen molar-refractivity contribution in [2.24, 2.45) is 0 Å². The van der Waals surface area contributed by atoms with Gasteiger partial charge >= 0.3 is 0 Å². The summed E-state index contributed by atoms with van der Waals surface area (Å²) in [4.78, 5) is 3.19. The molecule has 3 rings (SSSR count). The monoisotopic (exact) mass is 368 g/mol. The van der Waals surface area contributed by atoms with Crippen LogP contribution in [-0.2, 0) is 0 Å². The van der Waals surface area contributed by atoms with E-state index in [4.69, 9.17) is 28.6 Å². The lowest BCUT2D eigenvalue weighted by molar-refractivity contribution is 0.419. The van der Waals surface area contributed by atoms with E-state index in [1.165, 1.54) is 0 Å². The summed E-state index contributed by atoms with van der Waals surface area (Å²) in [5, 5.41) is 0.671. The number of rotatable bonds is 2. The fraction of sp³-hybridized carbons (Fsp3) is 0.0714. The van der Waals surface area contributed by atoms with Crippen molar-refractivity contribution in [3.8, 4) is 11.4 Å². The van der Waals surface area contributed by atoms with Crippen LogP contribution in [0.2, 0.25) is 5.02 Å². The molecule has 20 heavy (non-hydrogen) atoms. The Hall–Kier alpha value is -1.30. The number of H-pyrrole nitrogens is 1. The molecule has 102 valence electrons. The average molecular weight is 370 g/mol. The number of nitrogens with one attached hydrogen (secondary N) is 1. The third-order valence-corrected chi connectivity index (χ3v) is 4.21. The first kappa shape index (κ1) is 13.7. The first-order valence-electron chi connectivity index (χ1n) is 5.85. The largest absolute Gasteiger partial charge is 0.494 e. The molecule has 0 amide bonds. The van der Waals surface area contributed by atoms with Gasteiger partial charge in [-0.15, -0.1) is 0 Å². The van der Waals surface area contributed by atoms with Crippen molar-refractivity contribution in [3.05, 3.63) is 50.7 Å². The molecule has 0 saturated heterocycles. The van der Waals surface area contributed by atoms with Gasteiger partial charge in [-0.2, -0.15) is 0 Å². The number of halogens is 2. The molecular weight excluding hydrogens is 360 g/mol. The number of ether oxygens (including phenoxy) is 1. The molecule has 0 spiro atoms. The highest BCUT2D eigenvalue weighted by molar-refractivity contribution is 9.10. The molecule has 1 aromatic heterocycles. The Morgan fingerprint density at radius 3 is 2.80 bits per heavy atom. The van der Waals surface area contributed by atoms with Gasteiger partial charge in [0, 0.05) is 9.50 Å². The first-order chi connectivity index (χ1) is 9.61. The molecule has 0 saturated carbocycles. The summed E-state index contributed by atoms with van der Waals surface area (Å²) in [6.07, 6.45) is 0. The smallest absolute Gasteiger partial charge is 0.182 e. The predicted molar refractivity (Wildman–Crippen MR) is 87.7 cm³/mol. The van der Waals surface area contributed by atoms with E-state index < -0.39 is 0 Å². The van der Waals surface area contributed by atoms with Crippen molar-refractivity contribution in [3.63, 3.8) is 0 Å². The molecule has 0 aliphatic heterocycles. The molecule has 0 atom stereocenters. The molecule has 0 unspecified atom stereocenters. The summed E-state index contributed by atoms with van der Waals surface area (Å²) in [6, 6.07) is 11.4. The number of benzene rings is 2. The van der Waals surface area contributed by atoms with E-state index in [0.29, 0.717) is 9.79 Å². The van der Waals surface area contributed by atoms with Crippen molar-refractivity contribution in [1.29, 1.82) is 0 Å². The van der Waals surface area contributed by atoms with Crippen LogP contribution in [0.3, 0.4) is 0 Å². The lowest BCUT2D eigenvalue weighted by Crippen LogP contribution is -1.95. The van der Waals surface area contributed by atoms with Gasteiger partial charge in [-0.05, 0) is 58.5 Å². The number of para-hydroxylation sites is 1. The summed E-state index contributed by atoms with van der Waals surface area (Å²) in [7, 11) is 1.64. The second-order valence-corrected chi connectivity index (χ2v) is 5.89. The second-order valence-electron chi connectivity index (χ2n) is 4.22. The molecule has 2 aromatic carbocycles. The topological polar surface area (TPSA) is 29.9 Å². The Bertz CT molecular complexity index is 856. The van der Waals surface area contributed by atoms with Gasteiger partial charge < -0.3 is 9.72 Å². The molecule has 0 fully saturated rings. The van der Waals surface area contributed by atoms with E-state index in [1.807, 2.05) is 41.0 Å². The Morgan fingerprint density at radius 2 is 2.10 bits per heavy atom. The van der Waals surface area contributed by atoms with Crippen LogP contribution in [0.15, 0.2) is 40.9 Å². The Morgan fingerprint density at radius 1 is 1.30 bits per heavy atom. The predicted octanol–water partition coefficient (Wildman–Crippen LogP) is 5.11. The van der Waals surface area contributed by atoms with Crippen LogP contribution >= 0.6 is 39.7 Å². The van der Waals surface area contributed by atoms with Crippen LogP contribution in [0.4, 0.5) is 0 Å². The van der Waals surface area contributed by atoms with Gasteiger partial charge in [-0.25, -0.2) is 0 Å². The normalized spacial score (nSPS) is 10.9. The second kappa shape index (κ2) is 5.24. The van der Waals surface area contributed by atoms with E-state index in [9.17, 15) is 0 Å². The highest BCUT2D eigenvalue weighted by Gasteiger charge is 2.12. The fourth-order valence-corrected chi connectivity index (χ4v) is 3.33. The minimum Gasteiger partial charge on any atom is -0.494 e. The van der Waals surface area contributed by atoms with Gasteiger partial charge in [0.25, 0.3) is 0 Å². The molecule has 1 N–H and O–H groups in total. The van der Waals surface area contributed by atoms with Crippen LogP contribution in [0.5, 0.6) is 5.75 Å². The zero-order valence-corrected chi connectivity index (χ0v) is 13.6. The molecule has 0 aliphatic rings. The van der Waals surface area contributed by atoms with Crippen LogP contribution < -0.4 is 4.74 Å². The van der Waals surface area contributed by atoms with E-state index in [-0.39, 0.29) is 0 Å². The molecule has 0 aliphatic carbocycles. The molecule has 3 nitrogen and oxygen atoms in total. The van der Waals surface area contributed by atoms with Crippen molar-refractivity contribution in [2.45, 2.75) is 0 Å². The van der Waals surface area contributed by atoms with Gasteiger partial charge in [-0.3, -0.25) is 4.57 Å². The molecule has 6 heteroatoms. The Balaban J connectivity index is 2.37. The minimum atomic E-state index is 0.604.